The third kappa shape index (κ3) is 14.0. The van der Waals surface area contributed by atoms with Gasteiger partial charge >= 0.3 is 19.5 Å². The van der Waals surface area contributed by atoms with Gasteiger partial charge in [0.05, 0.1) is 45.7 Å². The third-order valence-electron chi connectivity index (χ3n) is 4.55. The van der Waals surface area contributed by atoms with E-state index in [2.05, 4.69) is 0 Å². The fourth-order valence-corrected chi connectivity index (χ4v) is 4.10. The molecule has 1 aromatic rings. The molecule has 2 unspecified atom stereocenters. The summed E-state index contributed by atoms with van der Waals surface area (Å²) in [5.74, 6) is -0.844. The Labute approximate surface area is 194 Å². The highest BCUT2D eigenvalue weighted by atomic mass is 31.2. The van der Waals surface area contributed by atoms with Crippen LogP contribution in [0, 0.1) is 10.1 Å². The first kappa shape index (κ1) is 29.0. The summed E-state index contributed by atoms with van der Waals surface area (Å²) in [5.41, 5.74) is -0.0468. The van der Waals surface area contributed by atoms with Gasteiger partial charge in [-0.1, -0.05) is 37.8 Å². The predicted octanol–water partition coefficient (Wildman–Crippen LogP) is 4.00. The standard InChI is InChI=1S/C21H35N2O9P/c1-23(2,3)17-18(16-21(24)25)32-33(28,29)31-15-11-7-5-4-6-10-14-30-20-13-9-8-12-19(20)22(26)27/h8-9,12-13,18H,4-7,10-11,14-17H2,1-3H3,(H-,24,25,28,29)/p+1. The van der Waals surface area contributed by atoms with E-state index < -0.39 is 24.8 Å². The fourth-order valence-electron chi connectivity index (χ4n) is 3.16. The van der Waals surface area contributed by atoms with Gasteiger partial charge in [0.2, 0.25) is 0 Å². The number of para-hydroxylation sites is 2. The quantitative estimate of drug-likeness (QED) is 0.102. The minimum Gasteiger partial charge on any atom is -0.487 e. The number of nitro benzene ring substituents is 1. The van der Waals surface area contributed by atoms with Crippen LogP contribution in [0.5, 0.6) is 5.75 Å². The van der Waals surface area contributed by atoms with Crippen LogP contribution in [0.15, 0.2) is 24.3 Å². The number of nitro groups is 1. The van der Waals surface area contributed by atoms with E-state index in [1.165, 1.54) is 6.07 Å². The van der Waals surface area contributed by atoms with Crippen LogP contribution in [0.3, 0.4) is 0 Å². The lowest BCUT2D eigenvalue weighted by Crippen LogP contribution is -2.42. The molecule has 0 spiro atoms. The number of hydrogen-bond donors (Lipinski definition) is 2. The lowest BCUT2D eigenvalue weighted by Gasteiger charge is -2.29. The van der Waals surface area contributed by atoms with Crippen molar-refractivity contribution in [3.63, 3.8) is 0 Å². The average Bonchev–Trinajstić information content (AvgIpc) is 2.67. The second kappa shape index (κ2) is 14.3. The van der Waals surface area contributed by atoms with Crippen molar-refractivity contribution in [1.29, 1.82) is 0 Å². The summed E-state index contributed by atoms with van der Waals surface area (Å²) in [6.45, 7) is 0.685. The van der Waals surface area contributed by atoms with Gasteiger partial charge in [-0.3, -0.25) is 24.0 Å². The van der Waals surface area contributed by atoms with Gasteiger partial charge < -0.3 is 19.2 Å². The topological polar surface area (TPSA) is 145 Å². The van der Waals surface area contributed by atoms with Gasteiger partial charge in [0.1, 0.15) is 12.6 Å². The molecule has 1 aromatic carbocycles. The Kier molecular flexibility index (Phi) is 12.5. The van der Waals surface area contributed by atoms with E-state index in [1.54, 1.807) is 18.2 Å². The van der Waals surface area contributed by atoms with Crippen LogP contribution < -0.4 is 4.74 Å². The van der Waals surface area contributed by atoms with E-state index >= 15 is 0 Å². The van der Waals surface area contributed by atoms with E-state index in [9.17, 15) is 24.4 Å². The number of nitrogens with zero attached hydrogens (tertiary/aromatic N) is 2. The number of phosphoric ester groups is 1. The van der Waals surface area contributed by atoms with Gasteiger partial charge in [0.25, 0.3) is 0 Å². The molecule has 0 amide bonds. The third-order valence-corrected chi connectivity index (χ3v) is 5.62. The molecule has 0 fully saturated rings. The molecule has 188 valence electrons. The smallest absolute Gasteiger partial charge is 0.472 e. The number of aliphatic carboxylic acids is 1. The maximum Gasteiger partial charge on any atom is 0.472 e. The lowest BCUT2D eigenvalue weighted by molar-refractivity contribution is -0.873. The number of quaternary nitrogens is 1. The number of phosphoric acid groups is 1. The van der Waals surface area contributed by atoms with Crippen LogP contribution in [-0.2, 0) is 18.4 Å². The predicted molar refractivity (Wildman–Crippen MR) is 122 cm³/mol. The summed E-state index contributed by atoms with van der Waals surface area (Å²) in [6, 6.07) is 6.27. The first-order valence-corrected chi connectivity index (χ1v) is 12.4. The van der Waals surface area contributed by atoms with Gasteiger partial charge in [-0.05, 0) is 18.9 Å². The number of unbranched alkanes of at least 4 members (excludes halogenated alkanes) is 5. The monoisotopic (exact) mass is 491 g/mol. The highest BCUT2D eigenvalue weighted by Crippen LogP contribution is 2.45. The number of carbonyl (C=O) groups is 1. The van der Waals surface area contributed by atoms with Crippen molar-refractivity contribution in [2.75, 3.05) is 40.9 Å². The molecular weight excluding hydrogens is 455 g/mol. The Morgan fingerprint density at radius 1 is 1.09 bits per heavy atom. The molecule has 33 heavy (non-hydrogen) atoms. The van der Waals surface area contributed by atoms with E-state index in [0.29, 0.717) is 17.5 Å². The van der Waals surface area contributed by atoms with Crippen molar-refractivity contribution in [3.05, 3.63) is 34.4 Å². The zero-order chi connectivity index (χ0) is 24.9. The number of rotatable bonds is 18. The zero-order valence-corrected chi connectivity index (χ0v) is 20.4. The number of likely N-dealkylation sites (N-methyl/N-ethyl adjacent to an activating group) is 1. The Balaban J connectivity index is 2.18. The minimum atomic E-state index is -4.34. The van der Waals surface area contributed by atoms with E-state index in [-0.39, 0.29) is 31.0 Å². The minimum absolute atomic E-state index is 0.0404. The molecule has 0 aliphatic heterocycles. The second-order valence-electron chi connectivity index (χ2n) is 8.79. The number of ether oxygens (including phenoxy) is 1. The average molecular weight is 491 g/mol. The van der Waals surface area contributed by atoms with Crippen LogP contribution in [0.25, 0.3) is 0 Å². The van der Waals surface area contributed by atoms with Crippen LogP contribution in [-0.4, -0.2) is 72.4 Å². The molecule has 11 nitrogen and oxygen atoms in total. The van der Waals surface area contributed by atoms with Gasteiger partial charge in [0, 0.05) is 6.07 Å². The zero-order valence-electron chi connectivity index (χ0n) is 19.6. The fraction of sp³-hybridized carbons (Fsp3) is 0.667. The molecule has 0 heterocycles. The molecule has 0 bridgehead atoms. The van der Waals surface area contributed by atoms with Crippen molar-refractivity contribution >= 4 is 19.5 Å². The molecule has 0 saturated heterocycles. The molecule has 2 N–H and O–H groups in total. The van der Waals surface area contributed by atoms with Crippen LogP contribution in [0.1, 0.15) is 44.9 Å². The Bertz CT molecular complexity index is 798. The number of carboxylic acids is 1. The Hall–Kier alpha value is -2.04. The van der Waals surface area contributed by atoms with Crippen LogP contribution in [0.2, 0.25) is 0 Å². The highest BCUT2D eigenvalue weighted by Gasteiger charge is 2.31. The SMILES string of the molecule is C[N+](C)(C)CC(CC(=O)O)OP(=O)(O)OCCCCCCCCOc1ccccc1[N+](=O)[O-]. The van der Waals surface area contributed by atoms with Crippen molar-refractivity contribution < 1.29 is 42.6 Å². The number of carboxylic acid groups (broad SMARTS) is 1. The highest BCUT2D eigenvalue weighted by molar-refractivity contribution is 7.47. The Morgan fingerprint density at radius 2 is 1.67 bits per heavy atom. The summed E-state index contributed by atoms with van der Waals surface area (Å²) in [6.07, 6.45) is 3.53. The normalized spacial score (nSPS) is 14.4. The van der Waals surface area contributed by atoms with Gasteiger partial charge in [-0.25, -0.2) is 4.57 Å². The summed E-state index contributed by atoms with van der Waals surface area (Å²) >= 11 is 0. The van der Waals surface area contributed by atoms with E-state index in [0.717, 1.165) is 32.1 Å². The Morgan fingerprint density at radius 3 is 2.24 bits per heavy atom. The maximum absolute atomic E-state index is 12.1. The van der Waals surface area contributed by atoms with Gasteiger partial charge in [-0.2, -0.15) is 0 Å². The molecule has 2 atom stereocenters. The van der Waals surface area contributed by atoms with Crippen LogP contribution >= 0.6 is 7.82 Å². The molecule has 0 aliphatic carbocycles. The maximum atomic E-state index is 12.1. The van der Waals surface area contributed by atoms with Crippen LogP contribution in [0.4, 0.5) is 5.69 Å². The molecule has 12 heteroatoms. The molecule has 0 radical (unpaired) electrons. The van der Waals surface area contributed by atoms with Gasteiger partial charge in [-0.15, -0.1) is 0 Å². The van der Waals surface area contributed by atoms with Gasteiger partial charge in [0.15, 0.2) is 5.75 Å². The first-order chi connectivity index (χ1) is 15.4. The molecule has 0 aromatic heterocycles. The van der Waals surface area contributed by atoms with Crippen molar-refractivity contribution in [1.82, 2.24) is 0 Å². The molecule has 0 aliphatic rings. The van der Waals surface area contributed by atoms with E-state index in [4.69, 9.17) is 18.9 Å². The molecule has 1 rings (SSSR count). The summed E-state index contributed by atoms with van der Waals surface area (Å²) in [4.78, 5) is 31.4. The summed E-state index contributed by atoms with van der Waals surface area (Å²) in [5, 5.41) is 19.9. The lowest BCUT2D eigenvalue weighted by atomic mass is 10.1. The molecular formula is C21H36N2O9P+. The first-order valence-electron chi connectivity index (χ1n) is 10.9. The summed E-state index contributed by atoms with van der Waals surface area (Å²) < 4.78 is 28.1. The van der Waals surface area contributed by atoms with E-state index in [1.807, 2.05) is 21.1 Å². The largest absolute Gasteiger partial charge is 0.487 e. The summed E-state index contributed by atoms with van der Waals surface area (Å²) in [7, 11) is 1.16. The number of hydrogen-bond acceptors (Lipinski definition) is 7. The van der Waals surface area contributed by atoms with Crippen molar-refractivity contribution in [2.45, 2.75) is 51.0 Å². The number of benzene rings is 1. The van der Waals surface area contributed by atoms with Crippen molar-refractivity contribution in [2.24, 2.45) is 0 Å². The second-order valence-corrected chi connectivity index (χ2v) is 10.2. The van der Waals surface area contributed by atoms with Crippen molar-refractivity contribution in [3.8, 4) is 5.75 Å². The molecule has 0 saturated carbocycles.